The quantitative estimate of drug-likeness (QED) is 0.600. The molecule has 0 bridgehead atoms. The average Bonchev–Trinajstić information content (AvgIpc) is 1.88. The summed E-state index contributed by atoms with van der Waals surface area (Å²) in [5.74, 6) is -0.108. The minimum Gasteiger partial charge on any atom is -0.508 e. The van der Waals surface area contributed by atoms with E-state index in [-0.39, 0.29) is 11.3 Å². The van der Waals surface area contributed by atoms with Gasteiger partial charge in [-0.25, -0.2) is 0 Å². The van der Waals surface area contributed by atoms with Crippen LogP contribution in [0, 0.1) is 0 Å². The van der Waals surface area contributed by atoms with Crippen LogP contribution >= 0.6 is 0 Å². The van der Waals surface area contributed by atoms with Gasteiger partial charge in [0.1, 0.15) is 5.75 Å². The second kappa shape index (κ2) is 2.47. The van der Waals surface area contributed by atoms with Gasteiger partial charge < -0.3 is 5.11 Å². The zero-order valence-corrected chi connectivity index (χ0v) is 5.04. The predicted octanol–water partition coefficient (Wildman–Crippen LogP) is 1.50. The molecule has 1 rings (SSSR count). The van der Waals surface area contributed by atoms with Gasteiger partial charge in [0.25, 0.3) is 0 Å². The Bertz CT molecular complexity index is 258. The molecule has 0 spiro atoms. The molecule has 0 fully saturated rings. The van der Waals surface area contributed by atoms with E-state index < -0.39 is 6.04 Å². The first-order valence-corrected chi connectivity index (χ1v) is 2.69. The molecular weight excluding hydrogens is 135 g/mol. The van der Waals surface area contributed by atoms with Crippen molar-refractivity contribution in [2.75, 3.05) is 0 Å². The summed E-state index contributed by atoms with van der Waals surface area (Å²) in [5.41, 5.74) is -0.125. The van der Waals surface area contributed by atoms with Crippen LogP contribution in [0.1, 0.15) is 10.4 Å². The minimum absolute atomic E-state index is 0.108. The summed E-state index contributed by atoms with van der Waals surface area (Å²) in [6.45, 7) is 0. The summed E-state index contributed by atoms with van der Waals surface area (Å²) in [5, 5.41) is 8.74. The molecule has 0 atom stereocenters. The molecular formula is C7H5FO2. The first-order valence-electron chi connectivity index (χ1n) is 2.69. The molecule has 1 N–H and O–H groups in total. The average molecular weight is 140 g/mol. The third kappa shape index (κ3) is 1.31. The van der Waals surface area contributed by atoms with E-state index in [4.69, 9.17) is 5.11 Å². The molecule has 1 aromatic rings. The van der Waals surface area contributed by atoms with Crippen molar-refractivity contribution in [1.82, 2.24) is 0 Å². The van der Waals surface area contributed by atoms with E-state index in [0.29, 0.717) is 0 Å². The Labute approximate surface area is 56.9 Å². The number of benzene rings is 1. The fourth-order valence-electron chi connectivity index (χ4n) is 0.628. The molecule has 10 heavy (non-hydrogen) atoms. The van der Waals surface area contributed by atoms with E-state index >= 15 is 0 Å². The smallest absolute Gasteiger partial charge is 0.332 e. The van der Waals surface area contributed by atoms with Gasteiger partial charge in [0.15, 0.2) is 0 Å². The first kappa shape index (κ1) is 6.74. The molecule has 0 heterocycles. The molecule has 0 aromatic heterocycles. The van der Waals surface area contributed by atoms with E-state index in [1.807, 2.05) is 0 Å². The van der Waals surface area contributed by atoms with Crippen LogP contribution in [0.4, 0.5) is 4.39 Å². The number of aromatic hydroxyl groups is 1. The lowest BCUT2D eigenvalue weighted by molar-refractivity contribution is 0.0835. The molecule has 0 radical (unpaired) electrons. The standard InChI is InChI=1S/C7H5FO2/c8-7(10)5-2-1-3-6(9)4-5/h1-4,9H. The molecule has 0 amide bonds. The van der Waals surface area contributed by atoms with E-state index in [9.17, 15) is 9.18 Å². The summed E-state index contributed by atoms with van der Waals surface area (Å²) in [6.07, 6.45) is 0. The Morgan fingerprint density at radius 2 is 2.20 bits per heavy atom. The number of carbonyl (C=O) groups excluding carboxylic acids is 1. The Kier molecular flexibility index (Phi) is 1.67. The lowest BCUT2D eigenvalue weighted by Crippen LogP contribution is -1.87. The second-order valence-corrected chi connectivity index (χ2v) is 1.82. The molecule has 0 saturated carbocycles. The number of halogens is 1. The van der Waals surface area contributed by atoms with Crippen LogP contribution in [0.25, 0.3) is 0 Å². The lowest BCUT2D eigenvalue weighted by Gasteiger charge is -1.91. The van der Waals surface area contributed by atoms with E-state index in [2.05, 4.69) is 0 Å². The Balaban J connectivity index is 3.07. The van der Waals surface area contributed by atoms with Crippen molar-refractivity contribution in [3.63, 3.8) is 0 Å². The first-order chi connectivity index (χ1) is 4.70. The number of hydrogen-bond acceptors (Lipinski definition) is 2. The Morgan fingerprint density at radius 3 is 2.60 bits per heavy atom. The fraction of sp³-hybridized carbons (Fsp3) is 0. The highest BCUT2D eigenvalue weighted by atomic mass is 19.1. The van der Waals surface area contributed by atoms with Gasteiger partial charge in [0, 0.05) is 0 Å². The number of phenols is 1. The number of hydrogen-bond donors (Lipinski definition) is 1. The van der Waals surface area contributed by atoms with Gasteiger partial charge in [-0.15, -0.1) is 0 Å². The van der Waals surface area contributed by atoms with Crippen LogP contribution in [0.3, 0.4) is 0 Å². The van der Waals surface area contributed by atoms with Crippen molar-refractivity contribution in [2.24, 2.45) is 0 Å². The van der Waals surface area contributed by atoms with Crippen molar-refractivity contribution >= 4 is 6.04 Å². The zero-order valence-electron chi connectivity index (χ0n) is 5.04. The van der Waals surface area contributed by atoms with Crippen LogP contribution in [0.5, 0.6) is 5.75 Å². The van der Waals surface area contributed by atoms with Crippen molar-refractivity contribution in [3.8, 4) is 5.75 Å². The van der Waals surface area contributed by atoms with Crippen LogP contribution in [-0.2, 0) is 0 Å². The van der Waals surface area contributed by atoms with Crippen molar-refractivity contribution < 1.29 is 14.3 Å². The minimum atomic E-state index is -1.53. The predicted molar refractivity (Wildman–Crippen MR) is 33.5 cm³/mol. The molecule has 0 unspecified atom stereocenters. The SMILES string of the molecule is O=C(F)c1cccc(O)c1. The van der Waals surface area contributed by atoms with Gasteiger partial charge >= 0.3 is 6.04 Å². The molecule has 1 aromatic carbocycles. The van der Waals surface area contributed by atoms with E-state index in [1.165, 1.54) is 18.2 Å². The molecule has 0 aliphatic heterocycles. The molecule has 0 aliphatic carbocycles. The maximum absolute atomic E-state index is 11.9. The topological polar surface area (TPSA) is 37.3 Å². The molecule has 2 nitrogen and oxygen atoms in total. The van der Waals surface area contributed by atoms with E-state index in [1.54, 1.807) is 0 Å². The van der Waals surface area contributed by atoms with Crippen LogP contribution in [-0.4, -0.2) is 11.1 Å². The fourth-order valence-corrected chi connectivity index (χ4v) is 0.628. The van der Waals surface area contributed by atoms with Crippen molar-refractivity contribution in [2.45, 2.75) is 0 Å². The third-order valence-electron chi connectivity index (χ3n) is 1.07. The van der Waals surface area contributed by atoms with Gasteiger partial charge in [-0.05, 0) is 18.2 Å². The number of phenolic OH excluding ortho intramolecular Hbond substituents is 1. The van der Waals surface area contributed by atoms with Gasteiger partial charge in [-0.1, -0.05) is 6.07 Å². The van der Waals surface area contributed by atoms with Crippen molar-refractivity contribution in [3.05, 3.63) is 29.8 Å². The van der Waals surface area contributed by atoms with Crippen LogP contribution in [0.15, 0.2) is 24.3 Å². The van der Waals surface area contributed by atoms with Gasteiger partial charge in [-0.3, -0.25) is 4.79 Å². The highest BCUT2D eigenvalue weighted by Gasteiger charge is 2.01. The normalized spacial score (nSPS) is 9.30. The Hall–Kier alpha value is -1.38. The maximum atomic E-state index is 11.9. The summed E-state index contributed by atoms with van der Waals surface area (Å²) in [6, 6.07) is 3.61. The summed E-state index contributed by atoms with van der Waals surface area (Å²) in [4.78, 5) is 10.0. The zero-order chi connectivity index (χ0) is 7.56. The highest BCUT2D eigenvalue weighted by Crippen LogP contribution is 2.11. The van der Waals surface area contributed by atoms with E-state index in [0.717, 1.165) is 6.07 Å². The summed E-state index contributed by atoms with van der Waals surface area (Å²) < 4.78 is 11.9. The van der Waals surface area contributed by atoms with Crippen molar-refractivity contribution in [1.29, 1.82) is 0 Å². The molecule has 3 heteroatoms. The highest BCUT2D eigenvalue weighted by molar-refractivity contribution is 5.88. The molecule has 52 valence electrons. The lowest BCUT2D eigenvalue weighted by atomic mass is 10.2. The number of rotatable bonds is 1. The second-order valence-electron chi connectivity index (χ2n) is 1.82. The monoisotopic (exact) mass is 140 g/mol. The van der Waals surface area contributed by atoms with Gasteiger partial charge in [0.05, 0.1) is 5.56 Å². The largest absolute Gasteiger partial charge is 0.508 e. The summed E-state index contributed by atoms with van der Waals surface area (Å²) >= 11 is 0. The molecule has 0 saturated heterocycles. The van der Waals surface area contributed by atoms with Gasteiger partial charge in [0.2, 0.25) is 0 Å². The molecule has 0 aliphatic rings. The van der Waals surface area contributed by atoms with Crippen LogP contribution < -0.4 is 0 Å². The summed E-state index contributed by atoms with van der Waals surface area (Å²) in [7, 11) is 0. The third-order valence-corrected chi connectivity index (χ3v) is 1.07. The maximum Gasteiger partial charge on any atom is 0.332 e. The number of carbonyl (C=O) groups is 1. The van der Waals surface area contributed by atoms with Crippen LogP contribution in [0.2, 0.25) is 0 Å². The van der Waals surface area contributed by atoms with Gasteiger partial charge in [-0.2, -0.15) is 4.39 Å². The Morgan fingerprint density at radius 1 is 1.50 bits per heavy atom.